The monoisotopic (exact) mass is 347 g/mol. The van der Waals surface area contributed by atoms with Crippen LogP contribution < -0.4 is 5.32 Å². The number of carbonyl (C=O) groups excluding carboxylic acids is 1. The molecule has 2 N–H and O–H groups in total. The van der Waals surface area contributed by atoms with Gasteiger partial charge >= 0.3 is 5.97 Å². The molecule has 0 amide bonds. The standard InChI is InChI=1S/C21H33NO3/c1-17(2)11-9-7-5-3-4-6-8-10-16-22-19-14-12-18(13-15-19)20(23)21(24)25/h12-15,17,22H,3-11,16H2,1-2H3,(H,24,25). The van der Waals surface area contributed by atoms with E-state index >= 15 is 0 Å². The first kappa shape index (κ1) is 21.2. The number of aliphatic carboxylic acids is 1. The van der Waals surface area contributed by atoms with E-state index in [1.165, 1.54) is 51.4 Å². The van der Waals surface area contributed by atoms with Crippen LogP contribution in [0.15, 0.2) is 24.3 Å². The molecule has 140 valence electrons. The smallest absolute Gasteiger partial charge is 0.377 e. The van der Waals surface area contributed by atoms with E-state index in [-0.39, 0.29) is 5.56 Å². The molecule has 0 saturated heterocycles. The summed E-state index contributed by atoms with van der Waals surface area (Å²) in [5, 5.41) is 12.0. The number of nitrogens with one attached hydrogen (secondary N) is 1. The topological polar surface area (TPSA) is 66.4 Å². The molecule has 0 saturated carbocycles. The van der Waals surface area contributed by atoms with Crippen LogP contribution in [0, 0.1) is 5.92 Å². The highest BCUT2D eigenvalue weighted by atomic mass is 16.4. The van der Waals surface area contributed by atoms with Crippen LogP contribution in [-0.2, 0) is 4.79 Å². The fourth-order valence-electron chi connectivity index (χ4n) is 2.83. The number of carboxylic acids is 1. The summed E-state index contributed by atoms with van der Waals surface area (Å²) in [6.07, 6.45) is 11.8. The quantitative estimate of drug-likeness (QED) is 0.264. The number of hydrogen-bond acceptors (Lipinski definition) is 3. The molecule has 0 aliphatic carbocycles. The molecule has 0 aromatic heterocycles. The van der Waals surface area contributed by atoms with E-state index in [1.807, 2.05) is 0 Å². The zero-order chi connectivity index (χ0) is 18.5. The maximum absolute atomic E-state index is 11.3. The van der Waals surface area contributed by atoms with Crippen LogP contribution in [0.1, 0.15) is 82.0 Å². The molecule has 0 bridgehead atoms. The number of Topliss-reactive ketones (excluding diaryl/α,β-unsaturated/α-hetero) is 1. The number of unbranched alkanes of at least 4 members (excludes halogenated alkanes) is 7. The van der Waals surface area contributed by atoms with Gasteiger partial charge in [-0.2, -0.15) is 0 Å². The number of carboxylic acid groups (broad SMARTS) is 1. The summed E-state index contributed by atoms with van der Waals surface area (Å²) in [7, 11) is 0. The maximum Gasteiger partial charge on any atom is 0.377 e. The summed E-state index contributed by atoms with van der Waals surface area (Å²) in [6.45, 7) is 5.48. The van der Waals surface area contributed by atoms with E-state index in [2.05, 4.69) is 19.2 Å². The van der Waals surface area contributed by atoms with Crippen LogP contribution >= 0.6 is 0 Å². The third kappa shape index (κ3) is 9.90. The van der Waals surface area contributed by atoms with E-state index in [4.69, 9.17) is 5.11 Å². The average Bonchev–Trinajstić information content (AvgIpc) is 2.59. The summed E-state index contributed by atoms with van der Waals surface area (Å²) in [5.74, 6) is -1.45. The highest BCUT2D eigenvalue weighted by Gasteiger charge is 2.13. The molecular weight excluding hydrogens is 314 g/mol. The minimum absolute atomic E-state index is 0.214. The van der Waals surface area contributed by atoms with Gasteiger partial charge < -0.3 is 10.4 Å². The van der Waals surface area contributed by atoms with E-state index in [0.29, 0.717) is 0 Å². The van der Waals surface area contributed by atoms with Crippen molar-refractivity contribution in [3.8, 4) is 0 Å². The Bertz CT molecular complexity index is 508. The first-order valence-electron chi connectivity index (χ1n) is 9.62. The largest absolute Gasteiger partial charge is 0.475 e. The number of hydrogen-bond donors (Lipinski definition) is 2. The molecule has 1 aromatic carbocycles. The van der Waals surface area contributed by atoms with Crippen molar-refractivity contribution in [2.24, 2.45) is 5.92 Å². The van der Waals surface area contributed by atoms with Crippen molar-refractivity contribution in [1.82, 2.24) is 0 Å². The Morgan fingerprint density at radius 2 is 1.40 bits per heavy atom. The molecule has 0 heterocycles. The summed E-state index contributed by atoms with van der Waals surface area (Å²) < 4.78 is 0. The molecule has 25 heavy (non-hydrogen) atoms. The Morgan fingerprint density at radius 3 is 1.92 bits per heavy atom. The molecule has 0 atom stereocenters. The SMILES string of the molecule is CC(C)CCCCCCCCCCNc1ccc(C(=O)C(=O)O)cc1. The first-order valence-corrected chi connectivity index (χ1v) is 9.62. The number of rotatable bonds is 14. The highest BCUT2D eigenvalue weighted by Crippen LogP contribution is 2.13. The molecule has 0 radical (unpaired) electrons. The normalized spacial score (nSPS) is 10.8. The van der Waals surface area contributed by atoms with Crippen molar-refractivity contribution < 1.29 is 14.7 Å². The number of benzene rings is 1. The fourth-order valence-corrected chi connectivity index (χ4v) is 2.83. The fraction of sp³-hybridized carbons (Fsp3) is 0.619. The zero-order valence-electron chi connectivity index (χ0n) is 15.7. The zero-order valence-corrected chi connectivity index (χ0v) is 15.7. The highest BCUT2D eigenvalue weighted by molar-refractivity contribution is 6.39. The maximum atomic E-state index is 11.3. The Kier molecular flexibility index (Phi) is 10.6. The lowest BCUT2D eigenvalue weighted by Gasteiger charge is -2.07. The molecule has 0 unspecified atom stereocenters. The molecular formula is C21H33NO3. The number of carbonyl (C=O) groups is 2. The Morgan fingerprint density at radius 1 is 0.880 bits per heavy atom. The summed E-state index contributed by atoms with van der Waals surface area (Å²) >= 11 is 0. The van der Waals surface area contributed by atoms with Crippen LogP contribution in [0.2, 0.25) is 0 Å². The van der Waals surface area contributed by atoms with Crippen LogP contribution in [-0.4, -0.2) is 23.4 Å². The van der Waals surface area contributed by atoms with Crippen LogP contribution in [0.5, 0.6) is 0 Å². The lowest BCUT2D eigenvalue weighted by molar-refractivity contribution is -0.131. The van der Waals surface area contributed by atoms with Gasteiger partial charge in [-0.05, 0) is 36.6 Å². The molecule has 1 aromatic rings. The van der Waals surface area contributed by atoms with Crippen molar-refractivity contribution in [3.05, 3.63) is 29.8 Å². The first-order chi connectivity index (χ1) is 12.0. The van der Waals surface area contributed by atoms with Crippen molar-refractivity contribution in [3.63, 3.8) is 0 Å². The second-order valence-corrected chi connectivity index (χ2v) is 7.15. The van der Waals surface area contributed by atoms with Crippen molar-refractivity contribution in [1.29, 1.82) is 0 Å². The lowest BCUT2D eigenvalue weighted by Crippen LogP contribution is -2.12. The summed E-state index contributed by atoms with van der Waals surface area (Å²) in [5.41, 5.74) is 1.14. The number of ketones is 1. The third-order valence-electron chi connectivity index (χ3n) is 4.38. The summed E-state index contributed by atoms with van der Waals surface area (Å²) in [6, 6.07) is 6.62. The van der Waals surface area contributed by atoms with Gasteiger partial charge in [0.1, 0.15) is 0 Å². The molecule has 0 spiro atoms. The third-order valence-corrected chi connectivity index (χ3v) is 4.38. The minimum Gasteiger partial charge on any atom is -0.475 e. The van der Waals surface area contributed by atoms with Gasteiger partial charge in [-0.1, -0.05) is 65.2 Å². The molecule has 0 aliphatic heterocycles. The van der Waals surface area contributed by atoms with Gasteiger partial charge in [0.25, 0.3) is 5.78 Å². The molecule has 4 heteroatoms. The van der Waals surface area contributed by atoms with E-state index in [9.17, 15) is 9.59 Å². The Hall–Kier alpha value is -1.84. The van der Waals surface area contributed by atoms with Crippen molar-refractivity contribution in [2.45, 2.75) is 71.6 Å². The minimum atomic E-state index is -1.42. The second-order valence-electron chi connectivity index (χ2n) is 7.15. The van der Waals surface area contributed by atoms with Gasteiger partial charge in [-0.15, -0.1) is 0 Å². The predicted octanol–water partition coefficient (Wildman–Crippen LogP) is 5.53. The van der Waals surface area contributed by atoms with E-state index in [1.54, 1.807) is 24.3 Å². The van der Waals surface area contributed by atoms with Gasteiger partial charge in [0.2, 0.25) is 0 Å². The number of anilines is 1. The Balaban J connectivity index is 2.01. The molecule has 0 aliphatic rings. The van der Waals surface area contributed by atoms with Gasteiger partial charge in [0.05, 0.1) is 0 Å². The molecule has 0 fully saturated rings. The van der Waals surface area contributed by atoms with E-state index < -0.39 is 11.8 Å². The molecule has 4 nitrogen and oxygen atoms in total. The van der Waals surface area contributed by atoms with Crippen molar-refractivity contribution >= 4 is 17.4 Å². The summed E-state index contributed by atoms with van der Waals surface area (Å²) in [4.78, 5) is 21.9. The van der Waals surface area contributed by atoms with Crippen LogP contribution in [0.25, 0.3) is 0 Å². The van der Waals surface area contributed by atoms with Gasteiger partial charge in [0.15, 0.2) is 0 Å². The second kappa shape index (κ2) is 12.5. The van der Waals surface area contributed by atoms with Gasteiger partial charge in [-0.25, -0.2) is 4.79 Å². The van der Waals surface area contributed by atoms with Crippen LogP contribution in [0.3, 0.4) is 0 Å². The van der Waals surface area contributed by atoms with Crippen molar-refractivity contribution in [2.75, 3.05) is 11.9 Å². The Labute approximate surface area is 152 Å². The van der Waals surface area contributed by atoms with E-state index in [0.717, 1.165) is 24.6 Å². The van der Waals surface area contributed by atoms with Crippen LogP contribution in [0.4, 0.5) is 5.69 Å². The van der Waals surface area contributed by atoms with Gasteiger partial charge in [0, 0.05) is 17.8 Å². The predicted molar refractivity (Wildman–Crippen MR) is 103 cm³/mol. The average molecular weight is 347 g/mol. The molecule has 1 rings (SSSR count). The lowest BCUT2D eigenvalue weighted by atomic mass is 10.0. The van der Waals surface area contributed by atoms with Gasteiger partial charge in [-0.3, -0.25) is 4.79 Å².